The van der Waals surface area contributed by atoms with Crippen LogP contribution < -0.4 is 16.0 Å². The molecule has 106 valence electrons. The first-order chi connectivity index (χ1) is 8.35. The van der Waals surface area contributed by atoms with Crippen molar-refractivity contribution in [2.75, 3.05) is 26.2 Å². The highest BCUT2D eigenvalue weighted by molar-refractivity contribution is 5.84. The molecular formula is C13H27N3O2. The van der Waals surface area contributed by atoms with Crippen molar-refractivity contribution in [3.05, 3.63) is 0 Å². The number of amides is 2. The summed E-state index contributed by atoms with van der Waals surface area (Å²) in [5.74, 6) is -0.225. The standard InChI is InChI=1S/C13H27N3O2/c1-5-6-14-7-8-15-12(18)10-16-11(17)9-13(2,3)4/h14H,5-10H2,1-4H3,(H,15,18)(H,16,17). The molecule has 0 bridgehead atoms. The molecule has 0 aromatic rings. The molecule has 0 aliphatic rings. The molecule has 0 unspecified atom stereocenters. The molecule has 0 aliphatic carbocycles. The molecule has 0 saturated carbocycles. The molecule has 0 saturated heterocycles. The number of nitrogens with one attached hydrogen (secondary N) is 3. The predicted molar refractivity (Wildman–Crippen MR) is 73.3 cm³/mol. The average molecular weight is 257 g/mol. The maximum atomic E-state index is 11.5. The van der Waals surface area contributed by atoms with Crippen LogP contribution in [-0.4, -0.2) is 38.0 Å². The van der Waals surface area contributed by atoms with Gasteiger partial charge in [0.25, 0.3) is 0 Å². The van der Waals surface area contributed by atoms with Gasteiger partial charge in [0.05, 0.1) is 6.54 Å². The van der Waals surface area contributed by atoms with Gasteiger partial charge in [-0.15, -0.1) is 0 Å². The van der Waals surface area contributed by atoms with E-state index in [4.69, 9.17) is 0 Å². The van der Waals surface area contributed by atoms with Gasteiger partial charge in [-0.3, -0.25) is 9.59 Å². The van der Waals surface area contributed by atoms with E-state index in [2.05, 4.69) is 22.9 Å². The number of hydrogen-bond donors (Lipinski definition) is 3. The topological polar surface area (TPSA) is 70.2 Å². The molecule has 5 nitrogen and oxygen atoms in total. The third kappa shape index (κ3) is 11.4. The van der Waals surface area contributed by atoms with Gasteiger partial charge < -0.3 is 16.0 Å². The van der Waals surface area contributed by atoms with E-state index in [1.165, 1.54) is 0 Å². The zero-order valence-electron chi connectivity index (χ0n) is 12.1. The number of hydrogen-bond acceptors (Lipinski definition) is 3. The van der Waals surface area contributed by atoms with E-state index < -0.39 is 0 Å². The number of rotatable bonds is 8. The molecule has 0 rings (SSSR count). The fourth-order valence-corrected chi connectivity index (χ4v) is 1.38. The minimum Gasteiger partial charge on any atom is -0.353 e. The van der Waals surface area contributed by atoms with Crippen molar-refractivity contribution in [2.45, 2.75) is 40.5 Å². The van der Waals surface area contributed by atoms with Crippen molar-refractivity contribution >= 4 is 11.8 Å². The minimum absolute atomic E-state index is 0.0510. The quantitative estimate of drug-likeness (QED) is 0.559. The zero-order chi connectivity index (χ0) is 14.0. The van der Waals surface area contributed by atoms with Gasteiger partial charge in [-0.2, -0.15) is 0 Å². The summed E-state index contributed by atoms with van der Waals surface area (Å²) < 4.78 is 0. The van der Waals surface area contributed by atoms with Crippen molar-refractivity contribution in [1.82, 2.24) is 16.0 Å². The van der Waals surface area contributed by atoms with Crippen molar-refractivity contribution in [1.29, 1.82) is 0 Å². The van der Waals surface area contributed by atoms with Crippen LogP contribution in [0.25, 0.3) is 0 Å². The first kappa shape index (κ1) is 16.9. The maximum absolute atomic E-state index is 11.5. The lowest BCUT2D eigenvalue weighted by molar-refractivity contribution is -0.127. The van der Waals surface area contributed by atoms with Gasteiger partial charge in [-0.1, -0.05) is 27.7 Å². The van der Waals surface area contributed by atoms with Crippen LogP contribution in [0.2, 0.25) is 0 Å². The molecule has 0 aliphatic heterocycles. The van der Waals surface area contributed by atoms with Crippen molar-refractivity contribution in [3.8, 4) is 0 Å². The first-order valence-corrected chi connectivity index (χ1v) is 6.59. The molecule has 0 fully saturated rings. The highest BCUT2D eigenvalue weighted by atomic mass is 16.2. The van der Waals surface area contributed by atoms with Crippen molar-refractivity contribution in [3.63, 3.8) is 0 Å². The molecule has 0 atom stereocenters. The zero-order valence-corrected chi connectivity index (χ0v) is 12.1. The Labute approximate surface area is 110 Å². The summed E-state index contributed by atoms with van der Waals surface area (Å²) in [6, 6.07) is 0. The highest BCUT2D eigenvalue weighted by Crippen LogP contribution is 2.17. The molecule has 0 radical (unpaired) electrons. The highest BCUT2D eigenvalue weighted by Gasteiger charge is 2.16. The fourth-order valence-electron chi connectivity index (χ4n) is 1.38. The predicted octanol–water partition coefficient (Wildman–Crippen LogP) is 0.655. The third-order valence-corrected chi connectivity index (χ3v) is 2.19. The molecule has 5 heteroatoms. The lowest BCUT2D eigenvalue weighted by atomic mass is 9.92. The normalized spacial score (nSPS) is 11.1. The van der Waals surface area contributed by atoms with E-state index >= 15 is 0 Å². The SMILES string of the molecule is CCCNCCNC(=O)CNC(=O)CC(C)(C)C. The van der Waals surface area contributed by atoms with Gasteiger partial charge in [0.1, 0.15) is 0 Å². The van der Waals surface area contributed by atoms with Gasteiger partial charge in [-0.25, -0.2) is 0 Å². The van der Waals surface area contributed by atoms with Crippen LogP contribution in [0.15, 0.2) is 0 Å². The molecule has 0 aromatic carbocycles. The summed E-state index contributed by atoms with van der Waals surface area (Å²) in [6.07, 6.45) is 1.51. The van der Waals surface area contributed by atoms with Crippen molar-refractivity contribution < 1.29 is 9.59 Å². The Hall–Kier alpha value is -1.10. The van der Waals surface area contributed by atoms with Gasteiger partial charge >= 0.3 is 0 Å². The lowest BCUT2D eigenvalue weighted by Crippen LogP contribution is -2.40. The number of carbonyl (C=O) groups is 2. The average Bonchev–Trinajstić information content (AvgIpc) is 2.24. The fraction of sp³-hybridized carbons (Fsp3) is 0.846. The van der Waals surface area contributed by atoms with Gasteiger partial charge in [-0.05, 0) is 18.4 Å². The summed E-state index contributed by atoms with van der Waals surface area (Å²) >= 11 is 0. The van der Waals surface area contributed by atoms with Gasteiger partial charge in [0.2, 0.25) is 11.8 Å². The second kappa shape index (κ2) is 8.91. The lowest BCUT2D eigenvalue weighted by Gasteiger charge is -2.17. The van der Waals surface area contributed by atoms with E-state index in [9.17, 15) is 9.59 Å². The Bertz CT molecular complexity index is 259. The molecule has 0 aromatic heterocycles. The Kier molecular flexibility index (Phi) is 8.37. The second-order valence-electron chi connectivity index (χ2n) is 5.61. The number of carbonyl (C=O) groups excluding carboxylic acids is 2. The first-order valence-electron chi connectivity index (χ1n) is 6.59. The molecule has 2 amide bonds. The largest absolute Gasteiger partial charge is 0.353 e. The summed E-state index contributed by atoms with van der Waals surface area (Å²) in [6.45, 7) is 10.4. The van der Waals surface area contributed by atoms with Crippen LogP contribution >= 0.6 is 0 Å². The second-order valence-corrected chi connectivity index (χ2v) is 5.61. The van der Waals surface area contributed by atoms with E-state index in [0.717, 1.165) is 19.5 Å². The smallest absolute Gasteiger partial charge is 0.239 e. The maximum Gasteiger partial charge on any atom is 0.239 e. The van der Waals surface area contributed by atoms with Crippen molar-refractivity contribution in [2.24, 2.45) is 5.41 Å². The Morgan fingerprint density at radius 2 is 1.61 bits per heavy atom. The molecule has 0 spiro atoms. The van der Waals surface area contributed by atoms with Gasteiger partial charge in [0.15, 0.2) is 0 Å². The van der Waals surface area contributed by atoms with Crippen LogP contribution in [0.4, 0.5) is 0 Å². The molecule has 18 heavy (non-hydrogen) atoms. The third-order valence-electron chi connectivity index (χ3n) is 2.19. The summed E-state index contributed by atoms with van der Waals surface area (Å²) in [5, 5.41) is 8.55. The van der Waals surface area contributed by atoms with Crippen LogP contribution in [0.1, 0.15) is 40.5 Å². The van der Waals surface area contributed by atoms with E-state index in [0.29, 0.717) is 13.0 Å². The van der Waals surface area contributed by atoms with Crippen LogP contribution in [-0.2, 0) is 9.59 Å². The van der Waals surface area contributed by atoms with E-state index in [1.54, 1.807) is 0 Å². The Balaban J connectivity index is 3.55. The molecule has 0 heterocycles. The Morgan fingerprint density at radius 1 is 0.944 bits per heavy atom. The van der Waals surface area contributed by atoms with E-state index in [1.807, 2.05) is 20.8 Å². The summed E-state index contributed by atoms with van der Waals surface area (Å²) in [5.41, 5.74) is -0.0510. The Morgan fingerprint density at radius 3 is 2.17 bits per heavy atom. The van der Waals surface area contributed by atoms with Crippen LogP contribution in [0.3, 0.4) is 0 Å². The van der Waals surface area contributed by atoms with Crippen LogP contribution in [0, 0.1) is 5.41 Å². The molecular weight excluding hydrogens is 230 g/mol. The summed E-state index contributed by atoms with van der Waals surface area (Å²) in [4.78, 5) is 22.9. The summed E-state index contributed by atoms with van der Waals surface area (Å²) in [7, 11) is 0. The van der Waals surface area contributed by atoms with Gasteiger partial charge in [0, 0.05) is 19.5 Å². The van der Waals surface area contributed by atoms with Crippen LogP contribution in [0.5, 0.6) is 0 Å². The monoisotopic (exact) mass is 257 g/mol. The minimum atomic E-state index is -0.143. The van der Waals surface area contributed by atoms with E-state index in [-0.39, 0.29) is 23.8 Å². The molecule has 3 N–H and O–H groups in total.